The number of aliphatic imine (C=N–C) groups is 1. The SMILES string of the molecule is CN=C(NCCCNS(C)(=O)=O)NCc1ccc(C)cc1OCC(F)(F)F. The Hall–Kier alpha value is -2.01. The Morgan fingerprint density at radius 2 is 1.93 bits per heavy atom. The third-order valence-corrected chi connectivity index (χ3v) is 4.02. The predicted octanol–water partition coefficient (Wildman–Crippen LogP) is 1.54. The molecule has 154 valence electrons. The van der Waals surface area contributed by atoms with Gasteiger partial charge in [-0.25, -0.2) is 13.1 Å². The number of hydrogen-bond donors (Lipinski definition) is 3. The molecule has 1 rings (SSSR count). The van der Waals surface area contributed by atoms with E-state index in [9.17, 15) is 21.6 Å². The summed E-state index contributed by atoms with van der Waals surface area (Å²) in [5.74, 6) is 0.601. The Morgan fingerprint density at radius 1 is 1.22 bits per heavy atom. The van der Waals surface area contributed by atoms with Crippen LogP contribution in [0.5, 0.6) is 5.75 Å². The van der Waals surface area contributed by atoms with Crippen LogP contribution in [0.2, 0.25) is 0 Å². The minimum Gasteiger partial charge on any atom is -0.484 e. The molecule has 0 fully saturated rings. The van der Waals surface area contributed by atoms with Crippen LogP contribution in [0.4, 0.5) is 13.2 Å². The topological polar surface area (TPSA) is 91.8 Å². The highest BCUT2D eigenvalue weighted by Gasteiger charge is 2.28. The quantitative estimate of drug-likeness (QED) is 0.326. The highest BCUT2D eigenvalue weighted by Crippen LogP contribution is 2.23. The third kappa shape index (κ3) is 10.7. The molecular weight excluding hydrogens is 385 g/mol. The van der Waals surface area contributed by atoms with Crippen molar-refractivity contribution >= 4 is 16.0 Å². The van der Waals surface area contributed by atoms with Crippen molar-refractivity contribution in [2.24, 2.45) is 4.99 Å². The maximum atomic E-state index is 12.4. The van der Waals surface area contributed by atoms with E-state index in [1.54, 1.807) is 32.2 Å². The van der Waals surface area contributed by atoms with Crippen LogP contribution in [0.1, 0.15) is 17.5 Å². The van der Waals surface area contributed by atoms with Gasteiger partial charge in [0.05, 0.1) is 6.26 Å². The zero-order valence-corrected chi connectivity index (χ0v) is 16.3. The number of sulfonamides is 1. The van der Waals surface area contributed by atoms with Gasteiger partial charge < -0.3 is 15.4 Å². The predicted molar refractivity (Wildman–Crippen MR) is 98.4 cm³/mol. The average molecular weight is 410 g/mol. The first-order valence-electron chi connectivity index (χ1n) is 8.18. The molecule has 0 aromatic heterocycles. The van der Waals surface area contributed by atoms with Gasteiger partial charge in [-0.05, 0) is 25.0 Å². The number of rotatable bonds is 9. The molecule has 7 nitrogen and oxygen atoms in total. The van der Waals surface area contributed by atoms with Crippen molar-refractivity contribution in [2.75, 3.05) is 33.0 Å². The van der Waals surface area contributed by atoms with Crippen LogP contribution in [0.25, 0.3) is 0 Å². The molecule has 0 aliphatic heterocycles. The molecule has 0 spiro atoms. The molecule has 3 N–H and O–H groups in total. The number of guanidine groups is 1. The molecule has 1 aromatic carbocycles. The van der Waals surface area contributed by atoms with Crippen molar-refractivity contribution in [3.63, 3.8) is 0 Å². The average Bonchev–Trinajstić information content (AvgIpc) is 2.55. The van der Waals surface area contributed by atoms with Crippen LogP contribution in [0.3, 0.4) is 0 Å². The lowest BCUT2D eigenvalue weighted by atomic mass is 10.1. The zero-order chi connectivity index (χ0) is 20.5. The number of ether oxygens (including phenoxy) is 1. The second kappa shape index (κ2) is 10.4. The molecule has 11 heteroatoms. The highest BCUT2D eigenvalue weighted by molar-refractivity contribution is 7.88. The van der Waals surface area contributed by atoms with Gasteiger partial charge in [0.25, 0.3) is 0 Å². The summed E-state index contributed by atoms with van der Waals surface area (Å²) in [6.07, 6.45) is -2.79. The number of aryl methyl sites for hydroxylation is 1. The second-order valence-electron chi connectivity index (χ2n) is 5.89. The van der Waals surface area contributed by atoms with Gasteiger partial charge in [0, 0.05) is 32.2 Å². The Bertz CT molecular complexity index is 737. The van der Waals surface area contributed by atoms with Crippen LogP contribution >= 0.6 is 0 Å². The number of alkyl halides is 3. The van der Waals surface area contributed by atoms with Gasteiger partial charge in [-0.15, -0.1) is 0 Å². The zero-order valence-electron chi connectivity index (χ0n) is 15.5. The number of benzene rings is 1. The Kier molecular flexibility index (Phi) is 8.83. The van der Waals surface area contributed by atoms with Crippen molar-refractivity contribution in [3.05, 3.63) is 29.3 Å². The molecule has 0 aliphatic carbocycles. The van der Waals surface area contributed by atoms with Gasteiger partial charge in [-0.3, -0.25) is 4.99 Å². The maximum absolute atomic E-state index is 12.4. The molecule has 0 atom stereocenters. The van der Waals surface area contributed by atoms with Crippen LogP contribution in [0, 0.1) is 6.92 Å². The van der Waals surface area contributed by atoms with Crippen molar-refractivity contribution < 1.29 is 26.3 Å². The summed E-state index contributed by atoms with van der Waals surface area (Å²) in [5.41, 5.74) is 1.35. The molecule has 27 heavy (non-hydrogen) atoms. The van der Waals surface area contributed by atoms with E-state index in [0.29, 0.717) is 24.5 Å². The summed E-state index contributed by atoms with van der Waals surface area (Å²) in [4.78, 5) is 4.02. The molecule has 0 heterocycles. The first-order chi connectivity index (χ1) is 12.5. The highest BCUT2D eigenvalue weighted by atomic mass is 32.2. The molecule has 0 aliphatic rings. The molecule has 0 saturated carbocycles. The lowest BCUT2D eigenvalue weighted by Crippen LogP contribution is -2.38. The summed E-state index contributed by atoms with van der Waals surface area (Å²) < 4.78 is 66.4. The van der Waals surface area contributed by atoms with Gasteiger partial charge in [-0.2, -0.15) is 13.2 Å². The number of nitrogens with one attached hydrogen (secondary N) is 3. The maximum Gasteiger partial charge on any atom is 0.422 e. The summed E-state index contributed by atoms with van der Waals surface area (Å²) in [6, 6.07) is 5.03. The van der Waals surface area contributed by atoms with E-state index < -0.39 is 22.8 Å². The molecule has 0 radical (unpaired) electrons. The normalized spacial score (nSPS) is 12.7. The Balaban J connectivity index is 2.54. The van der Waals surface area contributed by atoms with Gasteiger partial charge in [-0.1, -0.05) is 12.1 Å². The van der Waals surface area contributed by atoms with Gasteiger partial charge in [0.1, 0.15) is 5.75 Å². The molecule has 0 unspecified atom stereocenters. The second-order valence-corrected chi connectivity index (χ2v) is 7.72. The largest absolute Gasteiger partial charge is 0.484 e. The van der Waals surface area contributed by atoms with E-state index in [-0.39, 0.29) is 18.8 Å². The molecule has 0 saturated heterocycles. The standard InChI is InChI=1S/C16H25F3N4O3S/c1-12-5-6-13(14(9-12)26-11-16(17,18)19)10-22-15(20-2)21-7-4-8-23-27(3,24)25/h5-6,9,23H,4,7-8,10-11H2,1-3H3,(H2,20,21,22). The summed E-state index contributed by atoms with van der Waals surface area (Å²) in [6.45, 7) is 1.38. The first kappa shape index (κ1) is 23.0. The molecular formula is C16H25F3N4O3S. The molecule has 0 amide bonds. The van der Waals surface area contributed by atoms with Crippen LogP contribution in [-0.4, -0.2) is 53.6 Å². The van der Waals surface area contributed by atoms with Crippen molar-refractivity contribution in [1.29, 1.82) is 0 Å². The summed E-state index contributed by atoms with van der Waals surface area (Å²) in [5, 5.41) is 5.99. The first-order valence-corrected chi connectivity index (χ1v) is 10.1. The van der Waals surface area contributed by atoms with E-state index in [4.69, 9.17) is 4.74 Å². The van der Waals surface area contributed by atoms with Crippen LogP contribution in [-0.2, 0) is 16.6 Å². The third-order valence-electron chi connectivity index (χ3n) is 3.29. The van der Waals surface area contributed by atoms with E-state index in [0.717, 1.165) is 11.8 Å². The summed E-state index contributed by atoms with van der Waals surface area (Å²) >= 11 is 0. The summed E-state index contributed by atoms with van der Waals surface area (Å²) in [7, 11) is -1.66. The lowest BCUT2D eigenvalue weighted by molar-refractivity contribution is -0.153. The van der Waals surface area contributed by atoms with E-state index in [2.05, 4.69) is 20.3 Å². The van der Waals surface area contributed by atoms with E-state index in [1.165, 1.54) is 0 Å². The van der Waals surface area contributed by atoms with E-state index >= 15 is 0 Å². The minimum absolute atomic E-state index is 0.160. The van der Waals surface area contributed by atoms with Crippen molar-refractivity contribution in [1.82, 2.24) is 15.4 Å². The number of hydrogen-bond acceptors (Lipinski definition) is 4. The van der Waals surface area contributed by atoms with Crippen molar-refractivity contribution in [2.45, 2.75) is 26.1 Å². The van der Waals surface area contributed by atoms with Crippen LogP contribution < -0.4 is 20.1 Å². The Morgan fingerprint density at radius 3 is 2.52 bits per heavy atom. The fraction of sp³-hybridized carbons (Fsp3) is 0.562. The minimum atomic E-state index is -4.41. The lowest BCUT2D eigenvalue weighted by Gasteiger charge is -2.16. The van der Waals surface area contributed by atoms with Crippen LogP contribution in [0.15, 0.2) is 23.2 Å². The van der Waals surface area contributed by atoms with Gasteiger partial charge in [0.15, 0.2) is 12.6 Å². The molecule has 1 aromatic rings. The van der Waals surface area contributed by atoms with Gasteiger partial charge in [0.2, 0.25) is 10.0 Å². The fourth-order valence-electron chi connectivity index (χ4n) is 2.05. The Labute approximate surface area is 157 Å². The molecule has 0 bridgehead atoms. The van der Waals surface area contributed by atoms with Gasteiger partial charge >= 0.3 is 6.18 Å². The fourth-order valence-corrected chi connectivity index (χ4v) is 2.57. The number of halogens is 3. The smallest absolute Gasteiger partial charge is 0.422 e. The van der Waals surface area contributed by atoms with Crippen molar-refractivity contribution in [3.8, 4) is 5.75 Å². The van der Waals surface area contributed by atoms with E-state index in [1.807, 2.05) is 0 Å². The number of nitrogens with zero attached hydrogens (tertiary/aromatic N) is 1. The monoisotopic (exact) mass is 410 g/mol.